The molecule has 0 amide bonds. The molecule has 0 aliphatic heterocycles. The zero-order chi connectivity index (χ0) is 11.2. The molecule has 1 aliphatic rings. The molecule has 15 heavy (non-hydrogen) atoms. The first-order valence-electron chi connectivity index (χ1n) is 5.75. The Morgan fingerprint density at radius 3 is 2.60 bits per heavy atom. The van der Waals surface area contributed by atoms with Gasteiger partial charge in [-0.2, -0.15) is 0 Å². The van der Waals surface area contributed by atoms with E-state index in [1.807, 2.05) is 12.1 Å². The Hall–Kier alpha value is -0.980. The Morgan fingerprint density at radius 2 is 2.00 bits per heavy atom. The van der Waals surface area contributed by atoms with Crippen molar-refractivity contribution in [3.05, 3.63) is 29.3 Å². The molecule has 0 fully saturated rings. The van der Waals surface area contributed by atoms with Crippen LogP contribution in [0.2, 0.25) is 0 Å². The van der Waals surface area contributed by atoms with Crippen LogP contribution < -0.4 is 0 Å². The molecule has 1 unspecified atom stereocenters. The van der Waals surface area contributed by atoms with E-state index < -0.39 is 0 Å². The molecule has 0 saturated heterocycles. The molecule has 82 valence electrons. The van der Waals surface area contributed by atoms with E-state index >= 15 is 0 Å². The number of benzene rings is 1. The highest BCUT2D eigenvalue weighted by atomic mass is 16.3. The molecule has 1 aromatic rings. The fourth-order valence-corrected chi connectivity index (χ4v) is 2.84. The van der Waals surface area contributed by atoms with Gasteiger partial charge >= 0.3 is 0 Å². The molecule has 0 heterocycles. The lowest BCUT2D eigenvalue weighted by atomic mass is 9.84. The molecule has 1 N–H and O–H groups in total. The number of phenolic OH excluding ortho intramolecular Hbond substituents is 1. The number of hydrogen-bond donors (Lipinski definition) is 1. The van der Waals surface area contributed by atoms with Gasteiger partial charge in [-0.15, -0.1) is 0 Å². The largest absolute Gasteiger partial charge is 0.508 e. The van der Waals surface area contributed by atoms with Crippen molar-refractivity contribution in [2.24, 2.45) is 5.92 Å². The highest BCUT2D eigenvalue weighted by Gasteiger charge is 2.37. The third kappa shape index (κ3) is 1.64. The SMILES string of the molecule is CC(C)C1CC(C)(C)c2ccc(O)cc21. The first-order chi connectivity index (χ1) is 6.92. The molecule has 1 nitrogen and oxygen atoms in total. The van der Waals surface area contributed by atoms with E-state index in [9.17, 15) is 5.11 Å². The predicted octanol–water partition coefficient (Wildman–Crippen LogP) is 3.81. The van der Waals surface area contributed by atoms with Gasteiger partial charge < -0.3 is 5.11 Å². The third-order valence-electron chi connectivity index (χ3n) is 3.70. The van der Waals surface area contributed by atoms with Crippen molar-refractivity contribution in [1.82, 2.24) is 0 Å². The minimum Gasteiger partial charge on any atom is -0.508 e. The summed E-state index contributed by atoms with van der Waals surface area (Å²) in [6.07, 6.45) is 1.20. The molecule has 0 aromatic heterocycles. The van der Waals surface area contributed by atoms with Crippen LogP contribution in [-0.4, -0.2) is 5.11 Å². The van der Waals surface area contributed by atoms with Gasteiger partial charge in [0.05, 0.1) is 0 Å². The summed E-state index contributed by atoms with van der Waals surface area (Å²) < 4.78 is 0. The maximum Gasteiger partial charge on any atom is 0.115 e. The zero-order valence-corrected chi connectivity index (χ0v) is 10.0. The molecule has 0 bridgehead atoms. The summed E-state index contributed by atoms with van der Waals surface area (Å²) in [5.74, 6) is 1.64. The van der Waals surface area contributed by atoms with Gasteiger partial charge in [-0.3, -0.25) is 0 Å². The fourth-order valence-electron chi connectivity index (χ4n) is 2.84. The number of phenols is 1. The van der Waals surface area contributed by atoms with E-state index in [0.29, 0.717) is 17.6 Å². The summed E-state index contributed by atoms with van der Waals surface area (Å²) in [5, 5.41) is 9.57. The Balaban J connectivity index is 2.53. The topological polar surface area (TPSA) is 20.2 Å². The summed E-state index contributed by atoms with van der Waals surface area (Å²) in [7, 11) is 0. The Kier molecular flexibility index (Phi) is 2.29. The van der Waals surface area contributed by atoms with Crippen LogP contribution in [0.4, 0.5) is 0 Å². The van der Waals surface area contributed by atoms with Gasteiger partial charge in [0.1, 0.15) is 5.75 Å². The lowest BCUT2D eigenvalue weighted by Crippen LogP contribution is -2.13. The maximum absolute atomic E-state index is 9.57. The highest BCUT2D eigenvalue weighted by molar-refractivity contribution is 5.45. The number of fused-ring (bicyclic) bond motifs is 1. The van der Waals surface area contributed by atoms with Gasteiger partial charge in [0.2, 0.25) is 0 Å². The summed E-state index contributed by atoms with van der Waals surface area (Å²) in [4.78, 5) is 0. The Labute approximate surface area is 92.1 Å². The van der Waals surface area contributed by atoms with Crippen LogP contribution in [-0.2, 0) is 5.41 Å². The lowest BCUT2D eigenvalue weighted by Gasteiger charge is -2.20. The van der Waals surface area contributed by atoms with Gasteiger partial charge in [-0.05, 0) is 46.9 Å². The summed E-state index contributed by atoms with van der Waals surface area (Å²) >= 11 is 0. The van der Waals surface area contributed by atoms with Crippen LogP contribution in [0.3, 0.4) is 0 Å². The van der Waals surface area contributed by atoms with E-state index in [2.05, 4.69) is 33.8 Å². The average Bonchev–Trinajstić information content (AvgIpc) is 2.38. The molecule has 0 radical (unpaired) electrons. The maximum atomic E-state index is 9.57. The van der Waals surface area contributed by atoms with Crippen LogP contribution in [0.15, 0.2) is 18.2 Å². The van der Waals surface area contributed by atoms with Crippen LogP contribution >= 0.6 is 0 Å². The number of rotatable bonds is 1. The minimum absolute atomic E-state index is 0.262. The van der Waals surface area contributed by atoms with Crippen molar-refractivity contribution >= 4 is 0 Å². The smallest absolute Gasteiger partial charge is 0.115 e. The third-order valence-corrected chi connectivity index (χ3v) is 3.70. The normalized spacial score (nSPS) is 23.1. The summed E-state index contributed by atoms with van der Waals surface area (Å²) in [6.45, 7) is 9.12. The van der Waals surface area contributed by atoms with Crippen molar-refractivity contribution in [3.8, 4) is 5.75 Å². The van der Waals surface area contributed by atoms with Gasteiger partial charge in [-0.25, -0.2) is 0 Å². The van der Waals surface area contributed by atoms with Crippen molar-refractivity contribution in [2.75, 3.05) is 0 Å². The van der Waals surface area contributed by atoms with Crippen molar-refractivity contribution < 1.29 is 5.11 Å². The average molecular weight is 204 g/mol. The molecule has 1 heteroatoms. The van der Waals surface area contributed by atoms with Crippen LogP contribution in [0.1, 0.15) is 51.2 Å². The lowest BCUT2D eigenvalue weighted by molar-refractivity contribution is 0.409. The molecular formula is C14H20O. The summed E-state index contributed by atoms with van der Waals surface area (Å²) in [5.41, 5.74) is 3.03. The zero-order valence-electron chi connectivity index (χ0n) is 10.0. The minimum atomic E-state index is 0.262. The number of aromatic hydroxyl groups is 1. The second-order valence-electron chi connectivity index (χ2n) is 5.71. The molecular weight excluding hydrogens is 184 g/mol. The Morgan fingerprint density at radius 1 is 1.33 bits per heavy atom. The van der Waals surface area contributed by atoms with E-state index in [4.69, 9.17) is 0 Å². The molecule has 1 atom stereocenters. The summed E-state index contributed by atoms with van der Waals surface area (Å²) in [6, 6.07) is 5.85. The molecule has 0 spiro atoms. The Bertz CT molecular complexity index is 377. The molecule has 0 saturated carbocycles. The van der Waals surface area contributed by atoms with Gasteiger partial charge in [0, 0.05) is 0 Å². The van der Waals surface area contributed by atoms with Crippen molar-refractivity contribution in [2.45, 2.75) is 45.4 Å². The number of hydrogen-bond acceptors (Lipinski definition) is 1. The first kappa shape index (κ1) is 10.5. The van der Waals surface area contributed by atoms with Crippen LogP contribution in [0.5, 0.6) is 5.75 Å². The fraction of sp³-hybridized carbons (Fsp3) is 0.571. The second kappa shape index (κ2) is 3.26. The van der Waals surface area contributed by atoms with E-state index in [-0.39, 0.29) is 5.41 Å². The van der Waals surface area contributed by atoms with Crippen LogP contribution in [0, 0.1) is 5.92 Å². The van der Waals surface area contributed by atoms with Gasteiger partial charge in [0.25, 0.3) is 0 Å². The van der Waals surface area contributed by atoms with Gasteiger partial charge in [0.15, 0.2) is 0 Å². The van der Waals surface area contributed by atoms with Gasteiger partial charge in [-0.1, -0.05) is 33.8 Å². The van der Waals surface area contributed by atoms with E-state index in [0.717, 1.165) is 0 Å². The predicted molar refractivity (Wildman–Crippen MR) is 63.3 cm³/mol. The van der Waals surface area contributed by atoms with Crippen molar-refractivity contribution in [3.63, 3.8) is 0 Å². The first-order valence-corrected chi connectivity index (χ1v) is 5.75. The molecule has 2 rings (SSSR count). The quantitative estimate of drug-likeness (QED) is 0.737. The van der Waals surface area contributed by atoms with Crippen molar-refractivity contribution in [1.29, 1.82) is 0 Å². The van der Waals surface area contributed by atoms with E-state index in [1.165, 1.54) is 17.5 Å². The van der Waals surface area contributed by atoms with E-state index in [1.54, 1.807) is 0 Å². The molecule has 1 aliphatic carbocycles. The molecule has 1 aromatic carbocycles. The van der Waals surface area contributed by atoms with Crippen LogP contribution in [0.25, 0.3) is 0 Å². The second-order valence-corrected chi connectivity index (χ2v) is 5.71. The monoisotopic (exact) mass is 204 g/mol. The standard InChI is InChI=1S/C14H20O/c1-9(2)12-8-14(3,4)13-6-5-10(15)7-11(12)13/h5-7,9,12,15H,8H2,1-4H3. The highest BCUT2D eigenvalue weighted by Crippen LogP contribution is 2.49.